The lowest BCUT2D eigenvalue weighted by molar-refractivity contribution is 0.669. The lowest BCUT2D eigenvalue weighted by atomic mass is 9.99. The molecule has 2 heteroatoms. The van der Waals surface area contributed by atoms with Gasteiger partial charge < -0.3 is 8.98 Å². The van der Waals surface area contributed by atoms with E-state index in [-0.39, 0.29) is 0 Å². The van der Waals surface area contributed by atoms with Crippen molar-refractivity contribution in [3.05, 3.63) is 164 Å². The molecular weight excluding hydrogens is 534 g/mol. The fraction of sp³-hybridized carbons (Fsp3) is 0. The van der Waals surface area contributed by atoms with E-state index in [0.717, 1.165) is 33.2 Å². The highest BCUT2D eigenvalue weighted by Gasteiger charge is 2.16. The summed E-state index contributed by atoms with van der Waals surface area (Å²) in [5.74, 6) is 0. The second kappa shape index (κ2) is 9.86. The highest BCUT2D eigenvalue weighted by molar-refractivity contribution is 6.13. The van der Waals surface area contributed by atoms with E-state index in [2.05, 4.69) is 156 Å². The minimum absolute atomic E-state index is 0.920. The van der Waals surface area contributed by atoms with Crippen molar-refractivity contribution in [2.24, 2.45) is 0 Å². The molecular formula is C42H27NO. The molecule has 0 aliphatic heterocycles. The van der Waals surface area contributed by atoms with Crippen LogP contribution in [0.15, 0.2) is 168 Å². The van der Waals surface area contributed by atoms with Gasteiger partial charge in [0.05, 0.1) is 11.0 Å². The van der Waals surface area contributed by atoms with Crippen molar-refractivity contribution in [2.75, 3.05) is 0 Å². The minimum Gasteiger partial charge on any atom is -0.456 e. The van der Waals surface area contributed by atoms with Gasteiger partial charge in [-0.05, 0) is 64.2 Å². The molecule has 9 aromatic rings. The van der Waals surface area contributed by atoms with Gasteiger partial charge >= 0.3 is 0 Å². The molecule has 0 aliphatic rings. The van der Waals surface area contributed by atoms with Crippen molar-refractivity contribution in [1.29, 1.82) is 0 Å². The fourth-order valence-electron chi connectivity index (χ4n) is 6.70. The van der Waals surface area contributed by atoms with E-state index in [1.165, 1.54) is 49.6 Å². The maximum atomic E-state index is 6.13. The molecule has 0 saturated heterocycles. The third-order valence-corrected chi connectivity index (χ3v) is 8.84. The third-order valence-electron chi connectivity index (χ3n) is 8.84. The van der Waals surface area contributed by atoms with Crippen LogP contribution in [0.3, 0.4) is 0 Å². The fourth-order valence-corrected chi connectivity index (χ4v) is 6.70. The minimum atomic E-state index is 0.920. The van der Waals surface area contributed by atoms with Crippen LogP contribution in [0, 0.1) is 0 Å². The van der Waals surface area contributed by atoms with Gasteiger partial charge in [-0.3, -0.25) is 0 Å². The number of hydrogen-bond acceptors (Lipinski definition) is 1. The van der Waals surface area contributed by atoms with Gasteiger partial charge in [-0.1, -0.05) is 127 Å². The van der Waals surface area contributed by atoms with E-state index in [0.29, 0.717) is 0 Å². The zero-order chi connectivity index (χ0) is 29.0. The number of nitrogens with zero attached hydrogens (tertiary/aromatic N) is 1. The summed E-state index contributed by atoms with van der Waals surface area (Å²) in [5.41, 5.74) is 12.6. The summed E-state index contributed by atoms with van der Waals surface area (Å²) in [6, 6.07) is 58.5. The quantitative estimate of drug-likeness (QED) is 0.209. The average molecular weight is 562 g/mol. The van der Waals surface area contributed by atoms with Crippen LogP contribution in [0.2, 0.25) is 0 Å². The summed E-state index contributed by atoms with van der Waals surface area (Å²) in [7, 11) is 0. The number of aromatic nitrogens is 1. The summed E-state index contributed by atoms with van der Waals surface area (Å²) in [6.45, 7) is 0. The number of benzene rings is 7. The Kier molecular flexibility index (Phi) is 5.54. The standard InChI is InChI=1S/C42H27NO/c1-2-9-31(10-3-1)34-13-8-14-38-35-11-4-6-15-39(35)43(42(34)38)33-24-21-29(22-25-33)28-17-19-30(20-18-28)32-23-26-37-36-12-5-7-16-40(36)44-41(37)27-32/h1-27H. The van der Waals surface area contributed by atoms with E-state index in [9.17, 15) is 0 Å². The van der Waals surface area contributed by atoms with Crippen LogP contribution in [0.5, 0.6) is 0 Å². The van der Waals surface area contributed by atoms with Crippen LogP contribution in [0.4, 0.5) is 0 Å². The molecule has 0 fully saturated rings. The zero-order valence-electron chi connectivity index (χ0n) is 23.9. The molecule has 44 heavy (non-hydrogen) atoms. The van der Waals surface area contributed by atoms with E-state index in [1.54, 1.807) is 0 Å². The molecule has 0 N–H and O–H groups in total. The number of rotatable bonds is 4. The molecule has 2 heterocycles. The topological polar surface area (TPSA) is 18.1 Å². The van der Waals surface area contributed by atoms with Gasteiger partial charge in [0.15, 0.2) is 0 Å². The predicted octanol–water partition coefficient (Wildman–Crippen LogP) is 11.7. The second-order valence-electron chi connectivity index (χ2n) is 11.4. The second-order valence-corrected chi connectivity index (χ2v) is 11.4. The number of fused-ring (bicyclic) bond motifs is 6. The van der Waals surface area contributed by atoms with Gasteiger partial charge in [0.2, 0.25) is 0 Å². The average Bonchev–Trinajstić information content (AvgIpc) is 3.64. The summed E-state index contributed by atoms with van der Waals surface area (Å²) in [4.78, 5) is 0. The van der Waals surface area contributed by atoms with Crippen molar-refractivity contribution in [2.45, 2.75) is 0 Å². The Morgan fingerprint density at radius 3 is 1.75 bits per heavy atom. The van der Waals surface area contributed by atoms with Crippen molar-refractivity contribution in [1.82, 2.24) is 4.57 Å². The molecule has 0 spiro atoms. The van der Waals surface area contributed by atoms with Gasteiger partial charge in [-0.25, -0.2) is 0 Å². The molecule has 7 aromatic carbocycles. The van der Waals surface area contributed by atoms with Crippen LogP contribution < -0.4 is 0 Å². The molecule has 0 aliphatic carbocycles. The van der Waals surface area contributed by atoms with Crippen molar-refractivity contribution in [3.8, 4) is 39.1 Å². The molecule has 2 aromatic heterocycles. The summed E-state index contributed by atoms with van der Waals surface area (Å²) in [6.07, 6.45) is 0. The van der Waals surface area contributed by atoms with Crippen LogP contribution in [0.1, 0.15) is 0 Å². The maximum Gasteiger partial charge on any atom is 0.136 e. The summed E-state index contributed by atoms with van der Waals surface area (Å²) >= 11 is 0. The highest BCUT2D eigenvalue weighted by atomic mass is 16.3. The van der Waals surface area contributed by atoms with E-state index < -0.39 is 0 Å². The van der Waals surface area contributed by atoms with Crippen molar-refractivity contribution < 1.29 is 4.42 Å². The summed E-state index contributed by atoms with van der Waals surface area (Å²) in [5, 5.41) is 4.84. The first kappa shape index (κ1) is 24.7. The Balaban J connectivity index is 1.09. The first-order valence-corrected chi connectivity index (χ1v) is 15.0. The SMILES string of the molecule is c1ccc(-c2cccc3c4ccccc4n(-c4ccc(-c5ccc(-c6ccc7c(c6)oc6ccccc67)cc5)cc4)c23)cc1. The molecule has 0 saturated carbocycles. The molecule has 206 valence electrons. The smallest absolute Gasteiger partial charge is 0.136 e. The number of hydrogen-bond donors (Lipinski definition) is 0. The largest absolute Gasteiger partial charge is 0.456 e. The van der Waals surface area contributed by atoms with Crippen LogP contribution in [0.25, 0.3) is 82.8 Å². The van der Waals surface area contributed by atoms with Crippen molar-refractivity contribution in [3.63, 3.8) is 0 Å². The zero-order valence-corrected chi connectivity index (χ0v) is 23.9. The van der Waals surface area contributed by atoms with Crippen LogP contribution in [-0.4, -0.2) is 4.57 Å². The first-order valence-electron chi connectivity index (χ1n) is 15.0. The lowest BCUT2D eigenvalue weighted by Gasteiger charge is -2.13. The van der Waals surface area contributed by atoms with Crippen molar-refractivity contribution >= 4 is 43.7 Å². The molecule has 0 unspecified atom stereocenters. The maximum absolute atomic E-state index is 6.13. The number of para-hydroxylation sites is 3. The van der Waals surface area contributed by atoms with Gasteiger partial charge in [0.1, 0.15) is 11.2 Å². The van der Waals surface area contributed by atoms with E-state index >= 15 is 0 Å². The van der Waals surface area contributed by atoms with E-state index in [1.807, 2.05) is 12.1 Å². The Morgan fingerprint density at radius 1 is 0.364 bits per heavy atom. The lowest BCUT2D eigenvalue weighted by Crippen LogP contribution is -1.95. The Morgan fingerprint density at radius 2 is 0.955 bits per heavy atom. The predicted molar refractivity (Wildman–Crippen MR) is 184 cm³/mol. The molecule has 0 bridgehead atoms. The molecule has 0 radical (unpaired) electrons. The Hall–Kier alpha value is -5.86. The number of furan rings is 1. The molecule has 0 amide bonds. The molecule has 9 rings (SSSR count). The van der Waals surface area contributed by atoms with Gasteiger partial charge in [0.25, 0.3) is 0 Å². The van der Waals surface area contributed by atoms with Crippen LogP contribution in [-0.2, 0) is 0 Å². The first-order chi connectivity index (χ1) is 21.8. The van der Waals surface area contributed by atoms with Crippen LogP contribution >= 0.6 is 0 Å². The molecule has 2 nitrogen and oxygen atoms in total. The third kappa shape index (κ3) is 3.89. The Bertz CT molecular complexity index is 2460. The monoisotopic (exact) mass is 561 g/mol. The van der Waals surface area contributed by atoms with Gasteiger partial charge in [0, 0.05) is 32.8 Å². The van der Waals surface area contributed by atoms with Gasteiger partial charge in [-0.2, -0.15) is 0 Å². The molecule has 0 atom stereocenters. The van der Waals surface area contributed by atoms with E-state index in [4.69, 9.17) is 4.42 Å². The van der Waals surface area contributed by atoms with Gasteiger partial charge in [-0.15, -0.1) is 0 Å². The Labute approximate surface area is 255 Å². The highest BCUT2D eigenvalue weighted by Crippen LogP contribution is 2.38. The normalized spacial score (nSPS) is 11.6. The summed E-state index contributed by atoms with van der Waals surface area (Å²) < 4.78 is 8.54.